The van der Waals surface area contributed by atoms with Crippen molar-refractivity contribution in [2.24, 2.45) is 0 Å². The van der Waals surface area contributed by atoms with Crippen molar-refractivity contribution >= 4 is 11.9 Å². The van der Waals surface area contributed by atoms with Crippen molar-refractivity contribution in [3.8, 4) is 0 Å². The van der Waals surface area contributed by atoms with Crippen molar-refractivity contribution in [2.45, 2.75) is 45.3 Å². The maximum absolute atomic E-state index is 11.4. The molecule has 0 radical (unpaired) electrons. The molecule has 0 aliphatic heterocycles. The molecule has 0 bridgehead atoms. The number of carbonyl (C=O) groups excluding carboxylic acids is 1. The number of amides is 1. The molecule has 2 atom stereocenters. The summed E-state index contributed by atoms with van der Waals surface area (Å²) in [5.74, 6) is -1.35. The molecule has 0 aromatic carbocycles. The molecule has 0 spiro atoms. The monoisotopic (exact) mass is 246 g/mol. The molecule has 0 rings (SSSR count). The van der Waals surface area contributed by atoms with Crippen LogP contribution in [0.1, 0.15) is 33.6 Å². The molecule has 0 saturated heterocycles. The van der Waals surface area contributed by atoms with E-state index in [2.05, 4.69) is 10.6 Å². The molecular formula is C11H22N2O4. The molecule has 0 aliphatic rings. The molecule has 17 heavy (non-hydrogen) atoms. The van der Waals surface area contributed by atoms with Crippen LogP contribution in [-0.4, -0.2) is 46.8 Å². The van der Waals surface area contributed by atoms with Gasteiger partial charge in [0.15, 0.2) is 0 Å². The van der Waals surface area contributed by atoms with Gasteiger partial charge in [-0.15, -0.1) is 0 Å². The first-order chi connectivity index (χ1) is 7.76. The molecule has 1 amide bonds. The fourth-order valence-electron chi connectivity index (χ4n) is 1.15. The molecule has 0 aromatic rings. The molecule has 4 N–H and O–H groups in total. The fraction of sp³-hybridized carbons (Fsp3) is 0.818. The van der Waals surface area contributed by atoms with Crippen LogP contribution in [0.15, 0.2) is 0 Å². The molecule has 6 heteroatoms. The highest BCUT2D eigenvalue weighted by Gasteiger charge is 2.24. The van der Waals surface area contributed by atoms with Gasteiger partial charge in [-0.1, -0.05) is 6.92 Å². The SMILES string of the molecule is CCC(C)NCC(=O)NCC(C)(O)CC(=O)O. The minimum Gasteiger partial charge on any atom is -0.481 e. The van der Waals surface area contributed by atoms with Gasteiger partial charge in [0.1, 0.15) is 0 Å². The number of carboxylic acid groups (broad SMARTS) is 1. The Balaban J connectivity index is 3.86. The number of nitrogens with one attached hydrogen (secondary N) is 2. The van der Waals surface area contributed by atoms with Gasteiger partial charge in [0.05, 0.1) is 18.6 Å². The largest absolute Gasteiger partial charge is 0.481 e. The van der Waals surface area contributed by atoms with Crippen LogP contribution in [-0.2, 0) is 9.59 Å². The second-order valence-corrected chi connectivity index (χ2v) is 4.53. The highest BCUT2D eigenvalue weighted by Crippen LogP contribution is 2.06. The second-order valence-electron chi connectivity index (χ2n) is 4.53. The van der Waals surface area contributed by atoms with Crippen LogP contribution in [0.2, 0.25) is 0 Å². The fourth-order valence-corrected chi connectivity index (χ4v) is 1.15. The van der Waals surface area contributed by atoms with E-state index in [1.165, 1.54) is 6.92 Å². The van der Waals surface area contributed by atoms with E-state index < -0.39 is 18.0 Å². The van der Waals surface area contributed by atoms with Crippen molar-refractivity contribution < 1.29 is 19.8 Å². The summed E-state index contributed by atoms with van der Waals surface area (Å²) in [4.78, 5) is 21.8. The minimum atomic E-state index is -1.42. The summed E-state index contributed by atoms with van der Waals surface area (Å²) in [5.41, 5.74) is -1.42. The smallest absolute Gasteiger partial charge is 0.306 e. The Hall–Kier alpha value is -1.14. The van der Waals surface area contributed by atoms with Gasteiger partial charge >= 0.3 is 5.97 Å². The molecule has 100 valence electrons. The second kappa shape index (κ2) is 7.24. The Labute approximate surface area is 101 Å². The molecule has 0 saturated carbocycles. The molecular weight excluding hydrogens is 224 g/mol. The normalized spacial score (nSPS) is 16.0. The van der Waals surface area contributed by atoms with Gasteiger partial charge < -0.3 is 20.8 Å². The summed E-state index contributed by atoms with van der Waals surface area (Å²) in [6, 6.07) is 0.250. The van der Waals surface area contributed by atoms with Crippen molar-refractivity contribution in [3.63, 3.8) is 0 Å². The number of hydrogen-bond acceptors (Lipinski definition) is 4. The van der Waals surface area contributed by atoms with Crippen LogP contribution >= 0.6 is 0 Å². The Morgan fingerprint density at radius 3 is 2.47 bits per heavy atom. The van der Waals surface area contributed by atoms with Crippen LogP contribution in [0, 0.1) is 0 Å². The van der Waals surface area contributed by atoms with E-state index in [1.54, 1.807) is 0 Å². The van der Waals surface area contributed by atoms with Crippen molar-refractivity contribution in [1.29, 1.82) is 0 Å². The van der Waals surface area contributed by atoms with E-state index in [1.807, 2.05) is 13.8 Å². The van der Waals surface area contributed by atoms with E-state index >= 15 is 0 Å². The molecule has 0 aliphatic carbocycles. The Kier molecular flexibility index (Phi) is 6.75. The molecule has 0 fully saturated rings. The Morgan fingerprint density at radius 2 is 2.00 bits per heavy atom. The molecule has 2 unspecified atom stereocenters. The summed E-state index contributed by atoms with van der Waals surface area (Å²) in [5, 5.41) is 23.7. The Morgan fingerprint density at radius 1 is 1.41 bits per heavy atom. The number of carboxylic acids is 1. The van der Waals surface area contributed by atoms with Gasteiger partial charge in [0.2, 0.25) is 5.91 Å². The van der Waals surface area contributed by atoms with E-state index in [0.29, 0.717) is 0 Å². The van der Waals surface area contributed by atoms with E-state index in [-0.39, 0.29) is 25.0 Å². The third-order valence-electron chi connectivity index (χ3n) is 2.42. The topological polar surface area (TPSA) is 98.7 Å². The van der Waals surface area contributed by atoms with Gasteiger partial charge in [-0.2, -0.15) is 0 Å². The highest BCUT2D eigenvalue weighted by atomic mass is 16.4. The zero-order chi connectivity index (χ0) is 13.5. The Bertz CT molecular complexity index is 266. The maximum atomic E-state index is 11.4. The lowest BCUT2D eigenvalue weighted by atomic mass is 10.0. The molecule has 6 nitrogen and oxygen atoms in total. The van der Waals surface area contributed by atoms with Gasteiger partial charge in [-0.3, -0.25) is 9.59 Å². The molecule has 0 heterocycles. The van der Waals surface area contributed by atoms with Gasteiger partial charge in [0.25, 0.3) is 0 Å². The van der Waals surface area contributed by atoms with E-state index in [0.717, 1.165) is 6.42 Å². The van der Waals surface area contributed by atoms with Crippen LogP contribution in [0.3, 0.4) is 0 Å². The molecule has 0 aromatic heterocycles. The average molecular weight is 246 g/mol. The summed E-state index contributed by atoms with van der Waals surface area (Å²) < 4.78 is 0. The lowest BCUT2D eigenvalue weighted by Crippen LogP contribution is -2.45. The number of rotatable bonds is 8. The van der Waals surface area contributed by atoms with E-state index in [4.69, 9.17) is 5.11 Å². The predicted octanol–water partition coefficient (Wildman–Crippen LogP) is -0.284. The average Bonchev–Trinajstić information content (AvgIpc) is 2.21. The van der Waals surface area contributed by atoms with Crippen LogP contribution in [0.5, 0.6) is 0 Å². The minimum absolute atomic E-state index is 0.0691. The first kappa shape index (κ1) is 15.9. The summed E-state index contributed by atoms with van der Waals surface area (Å²) in [6.45, 7) is 5.45. The summed E-state index contributed by atoms with van der Waals surface area (Å²) >= 11 is 0. The highest BCUT2D eigenvalue weighted by molar-refractivity contribution is 5.78. The first-order valence-corrected chi connectivity index (χ1v) is 5.71. The third kappa shape index (κ3) is 8.65. The number of aliphatic hydroxyl groups is 1. The number of aliphatic carboxylic acids is 1. The zero-order valence-corrected chi connectivity index (χ0v) is 10.6. The van der Waals surface area contributed by atoms with Crippen molar-refractivity contribution in [3.05, 3.63) is 0 Å². The number of carbonyl (C=O) groups is 2. The predicted molar refractivity (Wildman–Crippen MR) is 63.6 cm³/mol. The van der Waals surface area contributed by atoms with Gasteiger partial charge in [-0.05, 0) is 20.3 Å². The van der Waals surface area contributed by atoms with Crippen molar-refractivity contribution in [2.75, 3.05) is 13.1 Å². The third-order valence-corrected chi connectivity index (χ3v) is 2.42. The van der Waals surface area contributed by atoms with Crippen LogP contribution < -0.4 is 10.6 Å². The number of hydrogen-bond donors (Lipinski definition) is 4. The first-order valence-electron chi connectivity index (χ1n) is 5.71. The quantitative estimate of drug-likeness (QED) is 0.472. The summed E-state index contributed by atoms with van der Waals surface area (Å²) in [6.07, 6.45) is 0.524. The lowest BCUT2D eigenvalue weighted by molar-refractivity contribution is -0.142. The van der Waals surface area contributed by atoms with Crippen LogP contribution in [0.25, 0.3) is 0 Å². The lowest BCUT2D eigenvalue weighted by Gasteiger charge is -2.21. The maximum Gasteiger partial charge on any atom is 0.306 e. The zero-order valence-electron chi connectivity index (χ0n) is 10.6. The van der Waals surface area contributed by atoms with E-state index in [9.17, 15) is 14.7 Å². The van der Waals surface area contributed by atoms with Gasteiger partial charge in [-0.25, -0.2) is 0 Å². The van der Waals surface area contributed by atoms with Crippen molar-refractivity contribution in [1.82, 2.24) is 10.6 Å². The van der Waals surface area contributed by atoms with Crippen LogP contribution in [0.4, 0.5) is 0 Å². The summed E-state index contributed by atoms with van der Waals surface area (Å²) in [7, 11) is 0. The standard InChI is InChI=1S/C11H22N2O4/c1-4-8(2)12-6-9(14)13-7-11(3,17)5-10(15)16/h8,12,17H,4-7H2,1-3H3,(H,13,14)(H,15,16). The van der Waals surface area contributed by atoms with Gasteiger partial charge in [0, 0.05) is 12.6 Å².